The van der Waals surface area contributed by atoms with E-state index in [2.05, 4.69) is 5.32 Å². The Morgan fingerprint density at radius 1 is 1.36 bits per heavy atom. The number of nitrogens with one attached hydrogen (secondary N) is 1. The summed E-state index contributed by atoms with van der Waals surface area (Å²) < 4.78 is 0. The van der Waals surface area contributed by atoms with Crippen molar-refractivity contribution < 1.29 is 4.79 Å². The molecule has 0 saturated heterocycles. The molecule has 1 N–H and O–H groups in total. The molecule has 0 atom stereocenters. The first kappa shape index (κ1) is 12.2. The standard InChI is InChI=1S/C9H8N2O.C2H6/c1-7-4-2-3-5-8(7)9(12)11-6-10;1-2/h2-5H,1H3,(H,11,12);1-2H3. The number of carbonyl (C=O) groups is 1. The van der Waals surface area contributed by atoms with Crippen LogP contribution >= 0.6 is 0 Å². The summed E-state index contributed by atoms with van der Waals surface area (Å²) in [6.45, 7) is 5.83. The van der Waals surface area contributed by atoms with Gasteiger partial charge >= 0.3 is 0 Å². The average molecular weight is 190 g/mol. The minimum Gasteiger partial charge on any atom is -0.268 e. The highest BCUT2D eigenvalue weighted by Gasteiger charge is 2.05. The van der Waals surface area contributed by atoms with Gasteiger partial charge in [0.05, 0.1) is 0 Å². The van der Waals surface area contributed by atoms with Crippen molar-refractivity contribution in [3.8, 4) is 6.19 Å². The zero-order valence-corrected chi connectivity index (χ0v) is 8.66. The lowest BCUT2D eigenvalue weighted by Crippen LogP contribution is -2.18. The lowest BCUT2D eigenvalue weighted by atomic mass is 10.1. The fourth-order valence-electron chi connectivity index (χ4n) is 0.946. The maximum Gasteiger partial charge on any atom is 0.264 e. The molecule has 1 rings (SSSR count). The minimum atomic E-state index is -0.351. The van der Waals surface area contributed by atoms with Gasteiger partial charge in [-0.1, -0.05) is 32.0 Å². The van der Waals surface area contributed by atoms with Crippen molar-refractivity contribution in [3.63, 3.8) is 0 Å². The highest BCUT2D eigenvalue weighted by Crippen LogP contribution is 2.05. The van der Waals surface area contributed by atoms with Crippen LogP contribution in [0, 0.1) is 18.4 Å². The van der Waals surface area contributed by atoms with E-state index in [0.29, 0.717) is 5.56 Å². The number of hydrogen-bond acceptors (Lipinski definition) is 2. The van der Waals surface area contributed by atoms with Crippen LogP contribution in [0.5, 0.6) is 0 Å². The molecule has 1 amide bonds. The number of aryl methyl sites for hydroxylation is 1. The summed E-state index contributed by atoms with van der Waals surface area (Å²) in [6.07, 6.45) is 1.59. The van der Waals surface area contributed by atoms with Crippen LogP contribution in [0.25, 0.3) is 0 Å². The molecule has 0 unspecified atom stereocenters. The first-order valence-corrected chi connectivity index (χ1v) is 4.51. The zero-order chi connectivity index (χ0) is 11.0. The van der Waals surface area contributed by atoms with E-state index in [0.717, 1.165) is 5.56 Å². The molecule has 0 radical (unpaired) electrons. The van der Waals surface area contributed by atoms with Crippen molar-refractivity contribution in [3.05, 3.63) is 35.4 Å². The molecule has 14 heavy (non-hydrogen) atoms. The predicted molar refractivity (Wildman–Crippen MR) is 55.6 cm³/mol. The third-order valence-corrected chi connectivity index (χ3v) is 1.56. The highest BCUT2D eigenvalue weighted by atomic mass is 16.1. The normalized spacial score (nSPS) is 7.86. The molecule has 0 saturated carbocycles. The van der Waals surface area contributed by atoms with E-state index in [9.17, 15) is 4.79 Å². The third kappa shape index (κ3) is 3.28. The minimum absolute atomic E-state index is 0.351. The van der Waals surface area contributed by atoms with E-state index in [-0.39, 0.29) is 5.91 Å². The molecule has 0 bridgehead atoms. The molecule has 0 aliphatic carbocycles. The van der Waals surface area contributed by atoms with E-state index in [4.69, 9.17) is 5.26 Å². The van der Waals surface area contributed by atoms with Gasteiger partial charge in [-0.3, -0.25) is 10.1 Å². The van der Waals surface area contributed by atoms with Crippen molar-refractivity contribution in [1.82, 2.24) is 5.32 Å². The summed E-state index contributed by atoms with van der Waals surface area (Å²) in [5, 5.41) is 10.3. The van der Waals surface area contributed by atoms with E-state index < -0.39 is 0 Å². The summed E-state index contributed by atoms with van der Waals surface area (Å²) in [7, 11) is 0. The Balaban J connectivity index is 0.000000791. The van der Waals surface area contributed by atoms with E-state index in [1.54, 1.807) is 18.3 Å². The number of nitrogens with zero attached hydrogens (tertiary/aromatic N) is 1. The molecule has 0 heterocycles. The van der Waals surface area contributed by atoms with Crippen molar-refractivity contribution in [1.29, 1.82) is 5.26 Å². The first-order chi connectivity index (χ1) is 6.75. The predicted octanol–water partition coefficient (Wildman–Crippen LogP) is 2.23. The molecule has 74 valence electrons. The second-order valence-electron chi connectivity index (χ2n) is 2.38. The Kier molecular flexibility index (Phi) is 5.80. The molecule has 3 heteroatoms. The quantitative estimate of drug-likeness (QED) is 0.545. The number of carbonyl (C=O) groups excluding carboxylic acids is 1. The Bertz CT molecular complexity index is 339. The molecule has 0 aromatic heterocycles. The number of hydrogen-bond donors (Lipinski definition) is 1. The molecule has 0 fully saturated rings. The van der Waals surface area contributed by atoms with Crippen LogP contribution in [0.4, 0.5) is 0 Å². The molecule has 0 spiro atoms. The Labute approximate surface area is 84.4 Å². The van der Waals surface area contributed by atoms with Gasteiger partial charge in [0.25, 0.3) is 5.91 Å². The first-order valence-electron chi connectivity index (χ1n) is 4.51. The number of nitriles is 1. The van der Waals surface area contributed by atoms with Gasteiger partial charge in [-0.05, 0) is 18.6 Å². The Morgan fingerprint density at radius 2 is 1.93 bits per heavy atom. The summed E-state index contributed by atoms with van der Waals surface area (Å²) in [6, 6.07) is 7.12. The van der Waals surface area contributed by atoms with Gasteiger partial charge in [0.1, 0.15) is 0 Å². The van der Waals surface area contributed by atoms with Crippen molar-refractivity contribution in [2.75, 3.05) is 0 Å². The fourth-order valence-corrected chi connectivity index (χ4v) is 0.946. The third-order valence-electron chi connectivity index (χ3n) is 1.56. The summed E-state index contributed by atoms with van der Waals surface area (Å²) in [5.74, 6) is -0.351. The lowest BCUT2D eigenvalue weighted by Gasteiger charge is -2.00. The van der Waals surface area contributed by atoms with Crippen LogP contribution in [0.1, 0.15) is 29.8 Å². The van der Waals surface area contributed by atoms with Crippen molar-refractivity contribution >= 4 is 5.91 Å². The van der Waals surface area contributed by atoms with Crippen LogP contribution in [0.15, 0.2) is 24.3 Å². The molecule has 3 nitrogen and oxygen atoms in total. The van der Waals surface area contributed by atoms with E-state index in [1.165, 1.54) is 0 Å². The molecule has 0 aliphatic heterocycles. The van der Waals surface area contributed by atoms with Crippen molar-refractivity contribution in [2.45, 2.75) is 20.8 Å². The van der Waals surface area contributed by atoms with E-state index >= 15 is 0 Å². The van der Waals surface area contributed by atoms with Gasteiger partial charge in [-0.25, -0.2) is 0 Å². The maximum absolute atomic E-state index is 11.1. The summed E-state index contributed by atoms with van der Waals surface area (Å²) in [5.41, 5.74) is 1.41. The topological polar surface area (TPSA) is 52.9 Å². The van der Waals surface area contributed by atoms with Gasteiger partial charge in [-0.15, -0.1) is 0 Å². The molecular formula is C11H14N2O. The van der Waals surface area contributed by atoms with Gasteiger partial charge < -0.3 is 0 Å². The van der Waals surface area contributed by atoms with Gasteiger partial charge in [-0.2, -0.15) is 5.26 Å². The largest absolute Gasteiger partial charge is 0.268 e. The number of amides is 1. The second kappa shape index (κ2) is 6.67. The van der Waals surface area contributed by atoms with Crippen LogP contribution in [-0.2, 0) is 0 Å². The smallest absolute Gasteiger partial charge is 0.264 e. The van der Waals surface area contributed by atoms with Crippen LogP contribution in [0.3, 0.4) is 0 Å². The maximum atomic E-state index is 11.1. The highest BCUT2D eigenvalue weighted by molar-refractivity contribution is 5.96. The molecule has 1 aromatic rings. The molecule has 0 aliphatic rings. The second-order valence-corrected chi connectivity index (χ2v) is 2.38. The van der Waals surface area contributed by atoms with E-state index in [1.807, 2.05) is 32.9 Å². The van der Waals surface area contributed by atoms with Crippen LogP contribution < -0.4 is 5.32 Å². The molecular weight excluding hydrogens is 176 g/mol. The summed E-state index contributed by atoms with van der Waals surface area (Å²) in [4.78, 5) is 11.1. The monoisotopic (exact) mass is 190 g/mol. The number of benzene rings is 1. The zero-order valence-electron chi connectivity index (χ0n) is 8.66. The van der Waals surface area contributed by atoms with Gasteiger partial charge in [0.15, 0.2) is 6.19 Å². The number of rotatable bonds is 1. The van der Waals surface area contributed by atoms with Crippen molar-refractivity contribution in [2.24, 2.45) is 0 Å². The Morgan fingerprint density at radius 3 is 2.43 bits per heavy atom. The van der Waals surface area contributed by atoms with Crippen LogP contribution in [-0.4, -0.2) is 5.91 Å². The Hall–Kier alpha value is -1.82. The van der Waals surface area contributed by atoms with Crippen LogP contribution in [0.2, 0.25) is 0 Å². The fraction of sp³-hybridized carbons (Fsp3) is 0.273. The molecule has 1 aromatic carbocycles. The lowest BCUT2D eigenvalue weighted by molar-refractivity contribution is 0.0972. The SMILES string of the molecule is CC.Cc1ccccc1C(=O)NC#N. The van der Waals surface area contributed by atoms with Gasteiger partial charge in [0, 0.05) is 5.56 Å². The summed E-state index contributed by atoms with van der Waals surface area (Å²) >= 11 is 0. The van der Waals surface area contributed by atoms with Gasteiger partial charge in [0.2, 0.25) is 0 Å². The average Bonchev–Trinajstić information content (AvgIpc) is 2.22.